The smallest absolute Gasteiger partial charge is 0.303 e. The summed E-state index contributed by atoms with van der Waals surface area (Å²) in [7, 11) is 1.68. The summed E-state index contributed by atoms with van der Waals surface area (Å²) in [6, 6.07) is 0. The van der Waals surface area contributed by atoms with Gasteiger partial charge in [-0.2, -0.15) is 0 Å². The first-order chi connectivity index (χ1) is 13.9. The molecule has 0 radical (unpaired) electrons. The van der Waals surface area contributed by atoms with Crippen LogP contribution in [0.15, 0.2) is 0 Å². The number of hydrogen-bond donors (Lipinski definition) is 1. The van der Waals surface area contributed by atoms with Gasteiger partial charge >= 0.3 is 5.97 Å². The molecule has 2 aliphatic heterocycles. The van der Waals surface area contributed by atoms with Gasteiger partial charge in [0.2, 0.25) is 23.6 Å². The number of carbonyl (C=O) groups is 5. The molecule has 0 aromatic carbocycles. The van der Waals surface area contributed by atoms with E-state index in [2.05, 4.69) is 6.92 Å². The van der Waals surface area contributed by atoms with E-state index < -0.39 is 5.97 Å². The van der Waals surface area contributed by atoms with Gasteiger partial charge in [-0.15, -0.1) is 0 Å². The predicted octanol–water partition coefficient (Wildman–Crippen LogP) is 4.10. The molecule has 0 aromatic heterocycles. The average molecular weight is 447 g/mol. The van der Waals surface area contributed by atoms with Gasteiger partial charge in [-0.1, -0.05) is 51.9 Å². The maximum absolute atomic E-state index is 11.2. The standard InChI is InChI=1S/C11H22O2.C8H8N2O4S2/c1-2-3-4-5-6-7-8-9-10-11(12)13;11-5-1-2-6(12)9(5)15-16-10-7(13)3-4-8(10)14/h2-10H2,1H3,(H,12,13);1-4H2. The van der Waals surface area contributed by atoms with E-state index in [1.807, 2.05) is 0 Å². The lowest BCUT2D eigenvalue weighted by Crippen LogP contribution is -2.24. The summed E-state index contributed by atoms with van der Waals surface area (Å²) >= 11 is 0. The minimum atomic E-state index is -0.661. The second-order valence-corrected chi connectivity index (χ2v) is 8.85. The summed E-state index contributed by atoms with van der Waals surface area (Å²) in [5.41, 5.74) is 0. The lowest BCUT2D eigenvalue weighted by molar-refractivity contribution is -0.137. The maximum atomic E-state index is 11.2. The molecule has 0 unspecified atom stereocenters. The molecule has 1 N–H and O–H groups in total. The molecular weight excluding hydrogens is 416 g/mol. The van der Waals surface area contributed by atoms with E-state index in [-0.39, 0.29) is 49.3 Å². The van der Waals surface area contributed by atoms with E-state index >= 15 is 0 Å². The Morgan fingerprint density at radius 1 is 0.724 bits per heavy atom. The molecule has 8 nitrogen and oxygen atoms in total. The van der Waals surface area contributed by atoms with Gasteiger partial charge in [0.05, 0.1) is 22.0 Å². The normalized spacial score (nSPS) is 16.4. The van der Waals surface area contributed by atoms with Crippen molar-refractivity contribution in [3.63, 3.8) is 0 Å². The van der Waals surface area contributed by atoms with Crippen molar-refractivity contribution in [2.45, 2.75) is 90.4 Å². The van der Waals surface area contributed by atoms with Gasteiger partial charge in [-0.25, -0.2) is 8.61 Å². The fourth-order valence-corrected chi connectivity index (χ4v) is 4.98. The van der Waals surface area contributed by atoms with Gasteiger partial charge in [-0.05, 0) is 6.42 Å². The molecule has 29 heavy (non-hydrogen) atoms. The molecule has 4 amide bonds. The van der Waals surface area contributed by atoms with E-state index in [0.29, 0.717) is 6.42 Å². The molecule has 0 atom stereocenters. The summed E-state index contributed by atoms with van der Waals surface area (Å²) in [4.78, 5) is 55.1. The fraction of sp³-hybridized carbons (Fsp3) is 0.737. The molecule has 2 aliphatic rings. The molecule has 0 bridgehead atoms. The summed E-state index contributed by atoms with van der Waals surface area (Å²) in [5.74, 6) is -1.77. The lowest BCUT2D eigenvalue weighted by Gasteiger charge is -2.15. The Hall–Kier alpha value is -1.55. The highest BCUT2D eigenvalue weighted by molar-refractivity contribution is 8.75. The molecule has 2 saturated heterocycles. The summed E-state index contributed by atoms with van der Waals surface area (Å²) < 4.78 is 2.01. The maximum Gasteiger partial charge on any atom is 0.303 e. The fourth-order valence-electron chi connectivity index (χ4n) is 2.76. The zero-order valence-corrected chi connectivity index (χ0v) is 18.5. The number of carboxylic acid groups (broad SMARTS) is 1. The molecule has 0 saturated carbocycles. The zero-order valence-electron chi connectivity index (χ0n) is 16.9. The second-order valence-electron chi connectivity index (χ2n) is 6.93. The zero-order chi connectivity index (χ0) is 21.6. The number of carbonyl (C=O) groups excluding carboxylic acids is 4. The quantitative estimate of drug-likeness (QED) is 0.206. The number of imide groups is 2. The Labute approximate surface area is 179 Å². The van der Waals surface area contributed by atoms with Gasteiger partial charge in [0.15, 0.2) is 0 Å². The number of nitrogens with zero attached hydrogens (tertiary/aromatic N) is 2. The van der Waals surface area contributed by atoms with Crippen LogP contribution in [0.3, 0.4) is 0 Å². The van der Waals surface area contributed by atoms with Gasteiger partial charge in [-0.3, -0.25) is 24.0 Å². The van der Waals surface area contributed by atoms with Crippen LogP contribution in [0.25, 0.3) is 0 Å². The van der Waals surface area contributed by atoms with E-state index in [1.165, 1.54) is 38.5 Å². The van der Waals surface area contributed by atoms with Crippen molar-refractivity contribution in [3.05, 3.63) is 0 Å². The van der Waals surface area contributed by atoms with Crippen LogP contribution in [0.1, 0.15) is 90.4 Å². The molecule has 164 valence electrons. The summed E-state index contributed by atoms with van der Waals surface area (Å²) in [6.45, 7) is 2.22. The van der Waals surface area contributed by atoms with Crippen LogP contribution >= 0.6 is 22.0 Å². The number of rotatable bonds is 12. The van der Waals surface area contributed by atoms with Gasteiger partial charge < -0.3 is 5.11 Å². The lowest BCUT2D eigenvalue weighted by atomic mass is 10.1. The molecule has 0 spiro atoms. The largest absolute Gasteiger partial charge is 0.481 e. The predicted molar refractivity (Wildman–Crippen MR) is 112 cm³/mol. The van der Waals surface area contributed by atoms with Crippen LogP contribution in [0, 0.1) is 0 Å². The molecule has 2 heterocycles. The third-order valence-electron chi connectivity index (χ3n) is 4.44. The van der Waals surface area contributed by atoms with Crippen LogP contribution in [-0.2, 0) is 24.0 Å². The Bertz CT molecular complexity index is 531. The van der Waals surface area contributed by atoms with Crippen LogP contribution in [0.5, 0.6) is 0 Å². The first kappa shape index (κ1) is 25.5. The highest BCUT2D eigenvalue weighted by atomic mass is 33.1. The minimum Gasteiger partial charge on any atom is -0.481 e. The number of amides is 4. The third-order valence-corrected chi connectivity index (χ3v) is 6.71. The topological polar surface area (TPSA) is 112 Å². The van der Waals surface area contributed by atoms with Crippen molar-refractivity contribution in [1.82, 2.24) is 8.61 Å². The Morgan fingerprint density at radius 3 is 1.41 bits per heavy atom. The van der Waals surface area contributed by atoms with E-state index in [4.69, 9.17) is 5.11 Å². The van der Waals surface area contributed by atoms with E-state index in [9.17, 15) is 24.0 Å². The Morgan fingerprint density at radius 2 is 1.07 bits per heavy atom. The van der Waals surface area contributed by atoms with Crippen molar-refractivity contribution in [2.75, 3.05) is 0 Å². The molecule has 0 aliphatic carbocycles. The molecule has 2 fully saturated rings. The van der Waals surface area contributed by atoms with Gasteiger partial charge in [0.25, 0.3) is 0 Å². The van der Waals surface area contributed by atoms with Crippen LogP contribution in [-0.4, -0.2) is 43.3 Å². The van der Waals surface area contributed by atoms with Crippen molar-refractivity contribution in [1.29, 1.82) is 0 Å². The molecule has 0 aromatic rings. The van der Waals surface area contributed by atoms with Crippen molar-refractivity contribution in [3.8, 4) is 0 Å². The number of unbranched alkanes of at least 4 members (excludes halogenated alkanes) is 7. The molecule has 2 rings (SSSR count). The van der Waals surface area contributed by atoms with Crippen molar-refractivity contribution < 1.29 is 29.1 Å². The van der Waals surface area contributed by atoms with Gasteiger partial charge in [0, 0.05) is 32.1 Å². The minimum absolute atomic E-state index is 0.203. The Balaban J connectivity index is 0.000000298. The monoisotopic (exact) mass is 446 g/mol. The summed E-state index contributed by atoms with van der Waals surface area (Å²) in [6.07, 6.45) is 10.9. The molecule has 10 heteroatoms. The van der Waals surface area contributed by atoms with E-state index in [0.717, 1.165) is 43.4 Å². The van der Waals surface area contributed by atoms with Crippen molar-refractivity contribution >= 4 is 51.6 Å². The van der Waals surface area contributed by atoms with E-state index in [1.54, 1.807) is 0 Å². The van der Waals surface area contributed by atoms with Crippen LogP contribution < -0.4 is 0 Å². The van der Waals surface area contributed by atoms with Crippen LogP contribution in [0.2, 0.25) is 0 Å². The SMILES string of the molecule is CCCCCCCCCCC(=O)O.O=C1CCC(=O)N1SSN1C(=O)CCC1=O. The number of hydrogen-bond acceptors (Lipinski definition) is 7. The highest BCUT2D eigenvalue weighted by Crippen LogP contribution is 2.36. The average Bonchev–Trinajstić information content (AvgIpc) is 3.17. The van der Waals surface area contributed by atoms with Crippen LogP contribution in [0.4, 0.5) is 0 Å². The molecular formula is C19H30N2O6S2. The summed E-state index contributed by atoms with van der Waals surface area (Å²) in [5, 5.41) is 8.39. The Kier molecular flexibility index (Phi) is 12.7. The highest BCUT2D eigenvalue weighted by Gasteiger charge is 2.35. The number of aliphatic carboxylic acids is 1. The third kappa shape index (κ3) is 10.2. The number of carboxylic acids is 1. The second kappa shape index (κ2) is 14.4. The first-order valence-electron chi connectivity index (χ1n) is 10.1. The van der Waals surface area contributed by atoms with Crippen molar-refractivity contribution in [2.24, 2.45) is 0 Å². The van der Waals surface area contributed by atoms with Gasteiger partial charge in [0.1, 0.15) is 0 Å². The first-order valence-corrected chi connectivity index (χ1v) is 12.2.